The molecule has 0 spiro atoms. The Morgan fingerprint density at radius 3 is 2.25 bits per heavy atom. The Bertz CT molecular complexity index is 796. The van der Waals surface area contributed by atoms with Gasteiger partial charge in [0.15, 0.2) is 0 Å². The molecule has 0 heterocycles. The summed E-state index contributed by atoms with van der Waals surface area (Å²) in [6, 6.07) is 4.78. The first kappa shape index (κ1) is 27.0. The summed E-state index contributed by atoms with van der Waals surface area (Å²) in [6.45, 7) is 13.2. The van der Waals surface area contributed by atoms with Crippen molar-refractivity contribution in [1.29, 1.82) is 0 Å². The molecule has 1 N–H and O–H groups in total. The van der Waals surface area contributed by atoms with E-state index < -0.39 is 17.7 Å². The number of hydrogen-bond donors (Lipinski definition) is 1. The molecule has 8 nitrogen and oxygen atoms in total. The highest BCUT2D eigenvalue weighted by Crippen LogP contribution is 2.25. The molecule has 1 aromatic rings. The number of anilines is 1. The van der Waals surface area contributed by atoms with Gasteiger partial charge in [0.05, 0.1) is 31.1 Å². The maximum Gasteiger partial charge on any atom is 0.412 e. The summed E-state index contributed by atoms with van der Waals surface area (Å²) in [5.74, 6) is -0.396. The van der Waals surface area contributed by atoms with E-state index in [0.717, 1.165) is 25.7 Å². The zero-order chi connectivity index (χ0) is 24.1. The first-order valence-electron chi connectivity index (χ1n) is 10.8. The van der Waals surface area contributed by atoms with Crippen LogP contribution in [0.1, 0.15) is 70.7 Å². The highest BCUT2D eigenvalue weighted by Gasteiger charge is 2.20. The number of unbranched alkanes of at least 4 members (excludes halogenated alkanes) is 3. The van der Waals surface area contributed by atoms with Crippen LogP contribution in [0.15, 0.2) is 30.4 Å². The van der Waals surface area contributed by atoms with Crippen molar-refractivity contribution in [3.8, 4) is 5.75 Å². The normalized spacial score (nSPS) is 10.8. The molecular weight excluding hydrogens is 414 g/mol. The third-order valence-electron chi connectivity index (χ3n) is 4.01. The van der Waals surface area contributed by atoms with Crippen molar-refractivity contribution >= 4 is 23.7 Å². The monoisotopic (exact) mass is 449 g/mol. The maximum atomic E-state index is 12.2. The van der Waals surface area contributed by atoms with E-state index in [-0.39, 0.29) is 23.8 Å². The molecule has 8 heteroatoms. The molecule has 0 atom stereocenters. The zero-order valence-electron chi connectivity index (χ0n) is 19.7. The summed E-state index contributed by atoms with van der Waals surface area (Å²) in [5, 5.41) is 2.60. The maximum absolute atomic E-state index is 12.2. The molecule has 0 fully saturated rings. The van der Waals surface area contributed by atoms with Crippen LogP contribution < -0.4 is 10.1 Å². The Kier molecular flexibility index (Phi) is 11.3. The van der Waals surface area contributed by atoms with E-state index in [1.807, 2.05) is 0 Å². The molecule has 0 aliphatic heterocycles. The second kappa shape index (κ2) is 13.4. The molecule has 0 aliphatic rings. The lowest BCUT2D eigenvalue weighted by atomic mass is 10.1. The van der Waals surface area contributed by atoms with Crippen molar-refractivity contribution in [2.24, 2.45) is 0 Å². The fraction of sp³-hybridized carbons (Fsp3) is 0.542. The van der Waals surface area contributed by atoms with Gasteiger partial charge in [-0.3, -0.25) is 5.32 Å². The van der Waals surface area contributed by atoms with Gasteiger partial charge in [-0.05, 0) is 72.4 Å². The molecule has 1 amide bonds. The SMILES string of the molecule is C=C(C)C(=O)OCCCCCCOc1ccc(C(=O)OCC)c(NC(=O)OC(C)(C)C)c1. The number of esters is 2. The zero-order valence-corrected chi connectivity index (χ0v) is 19.7. The lowest BCUT2D eigenvalue weighted by molar-refractivity contribution is -0.139. The Hall–Kier alpha value is -3.03. The van der Waals surface area contributed by atoms with Gasteiger partial charge in [-0.1, -0.05) is 6.58 Å². The first-order valence-corrected chi connectivity index (χ1v) is 10.8. The van der Waals surface area contributed by atoms with Crippen molar-refractivity contribution in [2.45, 2.75) is 65.9 Å². The van der Waals surface area contributed by atoms with Gasteiger partial charge >= 0.3 is 18.0 Å². The quantitative estimate of drug-likeness (QED) is 0.201. The van der Waals surface area contributed by atoms with Gasteiger partial charge in [0.25, 0.3) is 0 Å². The van der Waals surface area contributed by atoms with Crippen LogP contribution in [0.25, 0.3) is 0 Å². The summed E-state index contributed by atoms with van der Waals surface area (Å²) in [5.41, 5.74) is 0.197. The molecule has 178 valence electrons. The minimum Gasteiger partial charge on any atom is -0.494 e. The van der Waals surface area contributed by atoms with Gasteiger partial charge in [-0.25, -0.2) is 14.4 Å². The average Bonchev–Trinajstić information content (AvgIpc) is 2.68. The number of rotatable bonds is 12. The third-order valence-corrected chi connectivity index (χ3v) is 4.01. The van der Waals surface area contributed by atoms with Crippen molar-refractivity contribution in [3.05, 3.63) is 35.9 Å². The highest BCUT2D eigenvalue weighted by atomic mass is 16.6. The van der Waals surface area contributed by atoms with Crippen LogP contribution in [-0.2, 0) is 19.0 Å². The number of hydrogen-bond acceptors (Lipinski definition) is 7. The number of ether oxygens (including phenoxy) is 4. The number of carbonyl (C=O) groups excluding carboxylic acids is 3. The highest BCUT2D eigenvalue weighted by molar-refractivity contribution is 6.00. The molecule has 0 unspecified atom stereocenters. The van der Waals surface area contributed by atoms with Crippen LogP contribution in [-0.4, -0.2) is 43.5 Å². The van der Waals surface area contributed by atoms with Crippen molar-refractivity contribution < 1.29 is 33.3 Å². The first-order chi connectivity index (χ1) is 15.0. The van der Waals surface area contributed by atoms with E-state index >= 15 is 0 Å². The molecule has 0 aliphatic carbocycles. The molecule has 0 bridgehead atoms. The van der Waals surface area contributed by atoms with Gasteiger partial charge in [0, 0.05) is 11.6 Å². The van der Waals surface area contributed by atoms with Crippen LogP contribution in [0.2, 0.25) is 0 Å². The van der Waals surface area contributed by atoms with Gasteiger partial charge in [-0.2, -0.15) is 0 Å². The standard InChI is InChI=1S/C24H35NO7/c1-7-29-22(27)19-13-12-18(16-20(19)25-23(28)32-24(4,5)6)30-14-10-8-9-11-15-31-21(26)17(2)3/h12-13,16H,2,7-11,14-15H2,1,3-6H3,(H,25,28). The van der Waals surface area contributed by atoms with Crippen LogP contribution in [0.5, 0.6) is 5.75 Å². The van der Waals surface area contributed by atoms with Gasteiger partial charge < -0.3 is 18.9 Å². The van der Waals surface area contributed by atoms with Gasteiger partial charge in [0.1, 0.15) is 11.4 Å². The molecule has 0 saturated heterocycles. The van der Waals surface area contributed by atoms with Gasteiger partial charge in [-0.15, -0.1) is 0 Å². The van der Waals surface area contributed by atoms with E-state index in [1.54, 1.807) is 52.8 Å². The fourth-order valence-corrected chi connectivity index (χ4v) is 2.55. The third kappa shape index (κ3) is 10.8. The number of benzene rings is 1. The predicted molar refractivity (Wildman–Crippen MR) is 122 cm³/mol. The lowest BCUT2D eigenvalue weighted by Gasteiger charge is -2.20. The van der Waals surface area contributed by atoms with E-state index in [4.69, 9.17) is 18.9 Å². The van der Waals surface area contributed by atoms with E-state index in [0.29, 0.717) is 24.5 Å². The van der Waals surface area contributed by atoms with Crippen LogP contribution in [0.3, 0.4) is 0 Å². The van der Waals surface area contributed by atoms with E-state index in [9.17, 15) is 14.4 Å². The Morgan fingerprint density at radius 1 is 1.00 bits per heavy atom. The van der Waals surface area contributed by atoms with Crippen molar-refractivity contribution in [2.75, 3.05) is 25.1 Å². The topological polar surface area (TPSA) is 100 Å². The molecule has 1 rings (SSSR count). The van der Waals surface area contributed by atoms with Gasteiger partial charge in [0.2, 0.25) is 0 Å². The Labute approximate surface area is 190 Å². The molecule has 1 aromatic carbocycles. The smallest absolute Gasteiger partial charge is 0.412 e. The van der Waals surface area contributed by atoms with E-state index in [2.05, 4.69) is 11.9 Å². The number of carbonyl (C=O) groups is 3. The minimum atomic E-state index is -0.675. The molecule has 32 heavy (non-hydrogen) atoms. The summed E-state index contributed by atoms with van der Waals surface area (Å²) >= 11 is 0. The molecular formula is C24H35NO7. The van der Waals surface area contributed by atoms with Crippen LogP contribution in [0, 0.1) is 0 Å². The number of nitrogens with one attached hydrogen (secondary N) is 1. The molecule has 0 radical (unpaired) electrons. The fourth-order valence-electron chi connectivity index (χ4n) is 2.55. The summed E-state index contributed by atoms with van der Waals surface area (Å²) in [4.78, 5) is 35.7. The second-order valence-electron chi connectivity index (χ2n) is 8.23. The summed E-state index contributed by atoms with van der Waals surface area (Å²) in [6.07, 6.45) is 2.72. The Balaban J connectivity index is 2.58. The minimum absolute atomic E-state index is 0.217. The Morgan fingerprint density at radius 2 is 1.66 bits per heavy atom. The van der Waals surface area contributed by atoms with Crippen molar-refractivity contribution in [1.82, 2.24) is 0 Å². The summed E-state index contributed by atoms with van der Waals surface area (Å²) < 4.78 is 21.1. The molecule has 0 aromatic heterocycles. The second-order valence-corrected chi connectivity index (χ2v) is 8.23. The van der Waals surface area contributed by atoms with E-state index in [1.165, 1.54) is 0 Å². The average molecular weight is 450 g/mol. The van der Waals surface area contributed by atoms with Crippen LogP contribution >= 0.6 is 0 Å². The number of amides is 1. The predicted octanol–water partition coefficient (Wildman–Crippen LogP) is 5.27. The lowest BCUT2D eigenvalue weighted by Crippen LogP contribution is -2.27. The van der Waals surface area contributed by atoms with Crippen LogP contribution in [0.4, 0.5) is 10.5 Å². The van der Waals surface area contributed by atoms with Crippen molar-refractivity contribution in [3.63, 3.8) is 0 Å². The largest absolute Gasteiger partial charge is 0.494 e. The molecule has 0 saturated carbocycles. The summed E-state index contributed by atoms with van der Waals surface area (Å²) in [7, 11) is 0.